The van der Waals surface area contributed by atoms with Crippen LogP contribution < -0.4 is 0 Å². The van der Waals surface area contributed by atoms with Crippen molar-refractivity contribution < 1.29 is 42.9 Å². The number of esters is 2. The topological polar surface area (TPSA) is 108 Å². The van der Waals surface area contributed by atoms with Gasteiger partial charge >= 0.3 is 17.9 Å². The highest BCUT2D eigenvalue weighted by atomic mass is 16.7. The molecule has 0 aromatic rings. The lowest BCUT2D eigenvalue weighted by Gasteiger charge is -2.25. The summed E-state index contributed by atoms with van der Waals surface area (Å²) in [4.78, 5) is 37.5. The average molecular weight is 1060 g/mol. The summed E-state index contributed by atoms with van der Waals surface area (Å²) < 4.78 is 22.9. The normalized spacial score (nSPS) is 12.9. The molecule has 0 rings (SSSR count). The molecule has 0 bridgehead atoms. The maximum atomic E-state index is 12.9. The summed E-state index contributed by atoms with van der Waals surface area (Å²) in [6, 6.07) is 0. The van der Waals surface area contributed by atoms with E-state index in [2.05, 4.69) is 50.3 Å². The molecule has 0 aromatic carbocycles. The van der Waals surface area contributed by atoms with Crippen molar-refractivity contribution >= 4 is 17.9 Å². The van der Waals surface area contributed by atoms with Gasteiger partial charge in [0.1, 0.15) is 13.2 Å². The van der Waals surface area contributed by atoms with Crippen LogP contribution >= 0.6 is 0 Å². The van der Waals surface area contributed by atoms with Gasteiger partial charge in [-0.1, -0.05) is 262 Å². The van der Waals surface area contributed by atoms with Crippen LogP contribution in [0.4, 0.5) is 0 Å². The first-order valence-corrected chi connectivity index (χ1v) is 32.2. The molecule has 9 heteroatoms. The third kappa shape index (κ3) is 59.0. The van der Waals surface area contributed by atoms with Crippen molar-refractivity contribution in [2.24, 2.45) is 0 Å². The van der Waals surface area contributed by atoms with Gasteiger partial charge in [0.2, 0.25) is 0 Å². The van der Waals surface area contributed by atoms with Crippen molar-refractivity contribution in [2.75, 3.05) is 47.5 Å². The first-order valence-electron chi connectivity index (χ1n) is 32.2. The molecule has 0 spiro atoms. The number of carboxylic acids is 1. The molecule has 0 aliphatic rings. The molecule has 0 fully saturated rings. The maximum Gasteiger partial charge on any atom is 0.361 e. The molecule has 0 amide bonds. The number of rotatable bonds is 60. The molecular weight excluding hydrogens is 935 g/mol. The minimum Gasteiger partial charge on any atom is -0.477 e. The summed E-state index contributed by atoms with van der Waals surface area (Å²) in [7, 11) is 5.98. The number of hydrogen-bond donors (Lipinski definition) is 1. The second-order valence-corrected chi connectivity index (χ2v) is 23.1. The van der Waals surface area contributed by atoms with Gasteiger partial charge in [-0.05, 0) is 70.6 Å². The number of hydrogen-bond acceptors (Lipinski definition) is 7. The third-order valence-corrected chi connectivity index (χ3v) is 14.4. The van der Waals surface area contributed by atoms with Gasteiger partial charge in [0.05, 0.1) is 34.4 Å². The van der Waals surface area contributed by atoms with E-state index in [9.17, 15) is 19.5 Å². The lowest BCUT2D eigenvalue weighted by Crippen LogP contribution is -2.40. The Morgan fingerprint density at radius 3 is 1.07 bits per heavy atom. The predicted octanol–water partition coefficient (Wildman–Crippen LogP) is 19.2. The van der Waals surface area contributed by atoms with Crippen LogP contribution in [0.3, 0.4) is 0 Å². The molecule has 440 valence electrons. The summed E-state index contributed by atoms with van der Waals surface area (Å²) in [5.74, 6) is -1.99. The van der Waals surface area contributed by atoms with Gasteiger partial charge in [0.25, 0.3) is 6.29 Å². The zero-order chi connectivity index (χ0) is 54.8. The Hall–Kier alpha value is -2.49. The van der Waals surface area contributed by atoms with Crippen molar-refractivity contribution in [2.45, 2.75) is 322 Å². The molecule has 1 N–H and O–H groups in total. The van der Waals surface area contributed by atoms with E-state index < -0.39 is 18.4 Å². The number of aliphatic carboxylic acids is 1. The van der Waals surface area contributed by atoms with Gasteiger partial charge in [0, 0.05) is 12.8 Å². The highest BCUT2D eigenvalue weighted by Gasteiger charge is 2.25. The highest BCUT2D eigenvalue weighted by molar-refractivity contribution is 5.71. The summed E-state index contributed by atoms with van der Waals surface area (Å²) in [5.41, 5.74) is 0. The fourth-order valence-corrected chi connectivity index (χ4v) is 9.39. The Morgan fingerprint density at radius 1 is 0.400 bits per heavy atom. The van der Waals surface area contributed by atoms with Gasteiger partial charge < -0.3 is 28.5 Å². The second-order valence-electron chi connectivity index (χ2n) is 23.1. The van der Waals surface area contributed by atoms with Crippen molar-refractivity contribution in [1.29, 1.82) is 0 Å². The monoisotopic (exact) mass is 1060 g/mol. The fourth-order valence-electron chi connectivity index (χ4n) is 9.39. The van der Waals surface area contributed by atoms with Crippen LogP contribution in [0, 0.1) is 0 Å². The third-order valence-electron chi connectivity index (χ3n) is 14.4. The van der Waals surface area contributed by atoms with Crippen molar-refractivity contribution in [3.8, 4) is 0 Å². The number of carbonyl (C=O) groups excluding carboxylic acids is 2. The van der Waals surface area contributed by atoms with Crippen molar-refractivity contribution in [3.05, 3.63) is 36.5 Å². The van der Waals surface area contributed by atoms with E-state index in [4.69, 9.17) is 18.9 Å². The zero-order valence-corrected chi connectivity index (χ0v) is 50.2. The standard InChI is InChI=1S/C66H123NO8/c1-6-8-10-12-14-16-18-20-22-24-26-27-28-29-30-31-32-33-34-35-36-37-39-41-43-45-47-49-51-53-55-57-64(69)75-62(61-74-66(65(70)71)72-59-58-67(3,4)5)60-73-63(68)56-54-52-50-48-46-44-42-40-38-25-23-21-19-17-15-13-11-9-7-2/h18,20-21,23-24,26,62,66H,6-17,19,22,25,27-61H2,1-5H3/p+1/b20-18-,23-21-,26-24-. The van der Waals surface area contributed by atoms with Gasteiger partial charge in [-0.3, -0.25) is 9.59 Å². The van der Waals surface area contributed by atoms with E-state index >= 15 is 0 Å². The van der Waals surface area contributed by atoms with Crippen LogP contribution in [0.1, 0.15) is 309 Å². The van der Waals surface area contributed by atoms with E-state index in [0.29, 0.717) is 17.4 Å². The SMILES string of the molecule is CCCCCCC/C=C\C/C=C\CCCCCCCCCCCCCCCCCCCCCC(=O)OC(COC(=O)CCCCCCCCCCC/C=C\CCCCCCCC)COC(OCC[N+](C)(C)C)C(=O)O. The number of ether oxygens (including phenoxy) is 4. The average Bonchev–Trinajstić information content (AvgIpc) is 3.38. The molecule has 0 aliphatic carbocycles. The number of carboxylic acid groups (broad SMARTS) is 1. The van der Waals surface area contributed by atoms with E-state index in [0.717, 1.165) is 44.9 Å². The largest absolute Gasteiger partial charge is 0.477 e. The molecule has 0 aliphatic heterocycles. The first-order chi connectivity index (χ1) is 36.6. The fraction of sp³-hybridized carbons (Fsp3) is 0.864. The summed E-state index contributed by atoms with van der Waals surface area (Å²) in [5, 5.41) is 9.72. The molecule has 0 saturated carbocycles. The number of unbranched alkanes of at least 4 members (excludes halogenated alkanes) is 39. The minimum atomic E-state index is -1.51. The number of nitrogens with zero attached hydrogens (tertiary/aromatic N) is 1. The lowest BCUT2D eigenvalue weighted by atomic mass is 10.0. The Balaban J connectivity index is 4.10. The molecule has 0 saturated heterocycles. The second kappa shape index (κ2) is 57.7. The molecule has 0 radical (unpaired) electrons. The Morgan fingerprint density at radius 2 is 0.720 bits per heavy atom. The van der Waals surface area contributed by atoms with Gasteiger partial charge in [-0.15, -0.1) is 0 Å². The van der Waals surface area contributed by atoms with Crippen LogP contribution in [0.2, 0.25) is 0 Å². The number of quaternary nitrogens is 1. The van der Waals surface area contributed by atoms with Gasteiger partial charge in [-0.2, -0.15) is 0 Å². The molecule has 75 heavy (non-hydrogen) atoms. The quantitative estimate of drug-likeness (QED) is 0.0211. The summed E-state index contributed by atoms with van der Waals surface area (Å²) in [6.45, 7) is 4.91. The number of carbonyl (C=O) groups is 3. The Labute approximate surface area is 464 Å². The van der Waals surface area contributed by atoms with E-state index in [-0.39, 0.29) is 38.2 Å². The van der Waals surface area contributed by atoms with Crippen LogP contribution in [-0.4, -0.2) is 87.4 Å². The van der Waals surface area contributed by atoms with Crippen LogP contribution in [0.25, 0.3) is 0 Å². The van der Waals surface area contributed by atoms with Gasteiger partial charge in [0.15, 0.2) is 6.10 Å². The first kappa shape index (κ1) is 72.5. The van der Waals surface area contributed by atoms with Crippen LogP contribution in [0.5, 0.6) is 0 Å². The van der Waals surface area contributed by atoms with Crippen molar-refractivity contribution in [1.82, 2.24) is 0 Å². The number of allylic oxidation sites excluding steroid dienone is 6. The summed E-state index contributed by atoms with van der Waals surface area (Å²) in [6.07, 6.45) is 68.1. The predicted molar refractivity (Wildman–Crippen MR) is 318 cm³/mol. The zero-order valence-electron chi connectivity index (χ0n) is 50.2. The molecule has 2 atom stereocenters. The molecule has 0 aromatic heterocycles. The van der Waals surface area contributed by atoms with Crippen molar-refractivity contribution in [3.63, 3.8) is 0 Å². The Bertz CT molecular complexity index is 1320. The minimum absolute atomic E-state index is 0.179. The molecule has 9 nitrogen and oxygen atoms in total. The Kier molecular flexibility index (Phi) is 55.8. The van der Waals surface area contributed by atoms with E-state index in [1.807, 2.05) is 21.1 Å². The van der Waals surface area contributed by atoms with E-state index in [1.165, 1.54) is 238 Å². The molecule has 2 unspecified atom stereocenters. The van der Waals surface area contributed by atoms with E-state index in [1.54, 1.807) is 0 Å². The molecule has 0 heterocycles. The van der Waals surface area contributed by atoms with Gasteiger partial charge in [-0.25, -0.2) is 4.79 Å². The molecular formula is C66H124NO8+. The number of likely N-dealkylation sites (N-methyl/N-ethyl adjacent to an activating group) is 1. The van der Waals surface area contributed by atoms with Crippen LogP contribution in [0.15, 0.2) is 36.5 Å². The highest BCUT2D eigenvalue weighted by Crippen LogP contribution is 2.17. The summed E-state index contributed by atoms with van der Waals surface area (Å²) >= 11 is 0. The van der Waals surface area contributed by atoms with Crippen LogP contribution in [-0.2, 0) is 33.3 Å². The smallest absolute Gasteiger partial charge is 0.361 e. The lowest BCUT2D eigenvalue weighted by molar-refractivity contribution is -0.870. The maximum absolute atomic E-state index is 12.9.